The van der Waals surface area contributed by atoms with Crippen molar-refractivity contribution in [3.05, 3.63) is 29.8 Å². The van der Waals surface area contributed by atoms with Crippen molar-refractivity contribution in [3.63, 3.8) is 0 Å². The lowest BCUT2D eigenvalue weighted by Crippen LogP contribution is -2.43. The van der Waals surface area contributed by atoms with Gasteiger partial charge in [-0.2, -0.15) is 0 Å². The number of nitrogens with one attached hydrogen (secondary N) is 1. The van der Waals surface area contributed by atoms with Crippen LogP contribution in [0.4, 0.5) is 0 Å². The molecule has 2 aliphatic heterocycles. The van der Waals surface area contributed by atoms with E-state index in [0.717, 1.165) is 36.0 Å². The monoisotopic (exact) mass is 285 g/mol. The van der Waals surface area contributed by atoms with E-state index in [2.05, 4.69) is 22.1 Å². The van der Waals surface area contributed by atoms with Gasteiger partial charge in [0.2, 0.25) is 0 Å². The summed E-state index contributed by atoms with van der Waals surface area (Å²) in [5.74, 6) is 0.539. The number of amides is 1. The fourth-order valence-electron chi connectivity index (χ4n) is 3.57. The van der Waals surface area contributed by atoms with Crippen LogP contribution in [0.25, 0.3) is 11.0 Å². The number of pyridine rings is 1. The van der Waals surface area contributed by atoms with Crippen LogP contribution in [-0.4, -0.2) is 41.5 Å². The largest absolute Gasteiger partial charge is 0.462 e. The summed E-state index contributed by atoms with van der Waals surface area (Å²) >= 11 is 0. The van der Waals surface area contributed by atoms with E-state index < -0.39 is 0 Å². The van der Waals surface area contributed by atoms with Crippen molar-refractivity contribution in [1.29, 1.82) is 0 Å². The van der Waals surface area contributed by atoms with E-state index in [1.54, 1.807) is 12.5 Å². The Morgan fingerprint density at radius 2 is 2.43 bits per heavy atom. The Balaban J connectivity index is 1.56. The maximum atomic E-state index is 12.4. The molecule has 2 saturated heterocycles. The molecule has 2 aromatic rings. The zero-order valence-corrected chi connectivity index (χ0v) is 12.1. The lowest BCUT2D eigenvalue weighted by molar-refractivity contribution is 0.0919. The summed E-state index contributed by atoms with van der Waals surface area (Å²) in [6.07, 6.45) is 5.47. The normalized spacial score (nSPS) is 27.4. The summed E-state index contributed by atoms with van der Waals surface area (Å²) in [6, 6.07) is 2.12. The van der Waals surface area contributed by atoms with Crippen LogP contribution in [0.1, 0.15) is 29.4 Å². The Bertz CT molecular complexity index is 694. The molecule has 1 N–H and O–H groups in total. The molecule has 0 spiro atoms. The van der Waals surface area contributed by atoms with E-state index in [0.29, 0.717) is 11.6 Å². The number of rotatable bonds is 3. The molecule has 3 atom stereocenters. The van der Waals surface area contributed by atoms with E-state index in [4.69, 9.17) is 4.42 Å². The zero-order chi connectivity index (χ0) is 14.4. The third-order valence-corrected chi connectivity index (χ3v) is 4.80. The van der Waals surface area contributed by atoms with Gasteiger partial charge in [0.15, 0.2) is 5.58 Å². The topological polar surface area (TPSA) is 58.4 Å². The highest BCUT2D eigenvalue weighted by Crippen LogP contribution is 2.28. The number of hydrogen-bond acceptors (Lipinski definition) is 4. The van der Waals surface area contributed by atoms with Gasteiger partial charge in [0.05, 0.1) is 12.5 Å². The molecule has 3 unspecified atom stereocenters. The predicted octanol–water partition coefficient (Wildman–Crippen LogP) is 1.82. The van der Waals surface area contributed by atoms with Gasteiger partial charge in [-0.3, -0.25) is 4.79 Å². The predicted molar refractivity (Wildman–Crippen MR) is 79.2 cm³/mol. The number of hydrogen-bond donors (Lipinski definition) is 1. The van der Waals surface area contributed by atoms with Crippen molar-refractivity contribution < 1.29 is 9.21 Å². The number of aryl methyl sites for hydroxylation is 1. The molecule has 110 valence electrons. The van der Waals surface area contributed by atoms with Crippen LogP contribution in [0.5, 0.6) is 0 Å². The molecule has 2 aromatic heterocycles. The summed E-state index contributed by atoms with van der Waals surface area (Å²) in [4.78, 5) is 19.1. The van der Waals surface area contributed by atoms with E-state index in [1.807, 2.05) is 6.07 Å². The second kappa shape index (κ2) is 4.84. The molecule has 5 nitrogen and oxygen atoms in total. The number of aromatic nitrogens is 1. The first-order valence-electron chi connectivity index (χ1n) is 7.64. The summed E-state index contributed by atoms with van der Waals surface area (Å²) in [7, 11) is 0. The summed E-state index contributed by atoms with van der Waals surface area (Å²) < 4.78 is 5.45. The van der Waals surface area contributed by atoms with Crippen molar-refractivity contribution in [1.82, 2.24) is 15.2 Å². The molecule has 4 rings (SSSR count). The SMILES string of the molecule is CCc1coc2cnc(C(=O)NC3CN4CCC3C4)cc12. The number of carbonyl (C=O) groups is 1. The molecule has 2 bridgehead atoms. The van der Waals surface area contributed by atoms with Gasteiger partial charge in [0.25, 0.3) is 5.91 Å². The third-order valence-electron chi connectivity index (χ3n) is 4.80. The Hall–Kier alpha value is -1.88. The number of piperidine rings is 1. The molecule has 2 aliphatic rings. The smallest absolute Gasteiger partial charge is 0.270 e. The number of carbonyl (C=O) groups excluding carboxylic acids is 1. The van der Waals surface area contributed by atoms with Gasteiger partial charge in [0, 0.05) is 24.5 Å². The zero-order valence-electron chi connectivity index (χ0n) is 12.1. The number of furan rings is 1. The highest BCUT2D eigenvalue weighted by atomic mass is 16.3. The average Bonchev–Trinajstić information content (AvgIpc) is 3.21. The quantitative estimate of drug-likeness (QED) is 0.934. The van der Waals surface area contributed by atoms with Crippen molar-refractivity contribution in [2.24, 2.45) is 5.92 Å². The summed E-state index contributed by atoms with van der Waals surface area (Å²) in [5, 5.41) is 4.14. The molecular formula is C16H19N3O2. The first-order chi connectivity index (χ1) is 10.2. The average molecular weight is 285 g/mol. The van der Waals surface area contributed by atoms with Crippen LogP contribution in [0.2, 0.25) is 0 Å². The minimum atomic E-state index is -0.0705. The standard InChI is InChI=1S/C16H19N3O2/c1-2-10-9-21-15-6-17-13(5-12(10)15)16(20)18-14-8-19-4-3-11(14)7-19/h5-6,9,11,14H,2-4,7-8H2,1H3,(H,18,20). The number of nitrogens with zero attached hydrogens (tertiary/aromatic N) is 2. The molecule has 2 fully saturated rings. The lowest BCUT2D eigenvalue weighted by Gasteiger charge is -2.22. The fraction of sp³-hybridized carbons (Fsp3) is 0.500. The van der Waals surface area contributed by atoms with Crippen molar-refractivity contribution in [2.45, 2.75) is 25.8 Å². The van der Waals surface area contributed by atoms with Gasteiger partial charge < -0.3 is 14.6 Å². The molecule has 0 radical (unpaired) electrons. The molecule has 21 heavy (non-hydrogen) atoms. The molecule has 0 aromatic carbocycles. The van der Waals surface area contributed by atoms with Crippen molar-refractivity contribution >= 4 is 16.9 Å². The van der Waals surface area contributed by atoms with Gasteiger partial charge >= 0.3 is 0 Å². The van der Waals surface area contributed by atoms with Crippen LogP contribution >= 0.6 is 0 Å². The first-order valence-corrected chi connectivity index (χ1v) is 7.64. The molecular weight excluding hydrogens is 266 g/mol. The van der Waals surface area contributed by atoms with Gasteiger partial charge in [-0.15, -0.1) is 0 Å². The van der Waals surface area contributed by atoms with Crippen LogP contribution in [-0.2, 0) is 6.42 Å². The minimum Gasteiger partial charge on any atom is -0.462 e. The third kappa shape index (κ3) is 2.12. The van der Waals surface area contributed by atoms with Crippen molar-refractivity contribution in [2.75, 3.05) is 19.6 Å². The van der Waals surface area contributed by atoms with Gasteiger partial charge in [-0.05, 0) is 36.9 Å². The van der Waals surface area contributed by atoms with E-state index in [1.165, 1.54) is 13.0 Å². The van der Waals surface area contributed by atoms with Crippen LogP contribution < -0.4 is 5.32 Å². The molecule has 1 amide bonds. The molecule has 5 heteroatoms. The fourth-order valence-corrected chi connectivity index (χ4v) is 3.57. The van der Waals surface area contributed by atoms with Gasteiger partial charge in [-0.1, -0.05) is 6.92 Å². The Morgan fingerprint density at radius 3 is 3.14 bits per heavy atom. The van der Waals surface area contributed by atoms with Crippen molar-refractivity contribution in [3.8, 4) is 0 Å². The van der Waals surface area contributed by atoms with Crippen LogP contribution in [0.15, 0.2) is 22.9 Å². The summed E-state index contributed by atoms with van der Waals surface area (Å²) in [6.45, 7) is 5.36. The maximum absolute atomic E-state index is 12.4. The van der Waals surface area contributed by atoms with E-state index in [9.17, 15) is 4.79 Å². The van der Waals surface area contributed by atoms with Gasteiger partial charge in [0.1, 0.15) is 5.69 Å². The second-order valence-corrected chi connectivity index (χ2v) is 6.07. The maximum Gasteiger partial charge on any atom is 0.270 e. The molecule has 0 saturated carbocycles. The highest BCUT2D eigenvalue weighted by Gasteiger charge is 2.38. The highest BCUT2D eigenvalue weighted by molar-refractivity contribution is 5.96. The van der Waals surface area contributed by atoms with E-state index in [-0.39, 0.29) is 11.9 Å². The Labute approximate surface area is 123 Å². The van der Waals surface area contributed by atoms with Crippen LogP contribution in [0, 0.1) is 5.92 Å². The molecule has 0 aliphatic carbocycles. The second-order valence-electron chi connectivity index (χ2n) is 6.07. The van der Waals surface area contributed by atoms with Gasteiger partial charge in [-0.25, -0.2) is 4.98 Å². The van der Waals surface area contributed by atoms with E-state index >= 15 is 0 Å². The minimum absolute atomic E-state index is 0.0705. The van der Waals surface area contributed by atoms with Crippen LogP contribution in [0.3, 0.4) is 0 Å². The Kier molecular flexibility index (Phi) is 2.96. The lowest BCUT2D eigenvalue weighted by atomic mass is 10.00. The Morgan fingerprint density at radius 1 is 1.52 bits per heavy atom. The first kappa shape index (κ1) is 12.8. The summed E-state index contributed by atoms with van der Waals surface area (Å²) in [5.41, 5.74) is 2.35. The number of fused-ring (bicyclic) bond motifs is 3. The molecule has 4 heterocycles.